The predicted octanol–water partition coefficient (Wildman–Crippen LogP) is 1.86. The first-order chi connectivity index (χ1) is 9.22. The smallest absolute Gasteiger partial charge is 0.245 e. The Hall–Kier alpha value is -1.95. The number of fused-ring (bicyclic) bond motifs is 1. The lowest BCUT2D eigenvalue weighted by Crippen LogP contribution is -2.33. The summed E-state index contributed by atoms with van der Waals surface area (Å²) in [4.78, 5) is 29.2. The fourth-order valence-corrected chi connectivity index (χ4v) is 3.01. The van der Waals surface area contributed by atoms with Crippen LogP contribution in [0.4, 0.5) is 5.13 Å². The topological polar surface area (TPSA) is 62.3 Å². The van der Waals surface area contributed by atoms with Crippen molar-refractivity contribution in [3.63, 3.8) is 0 Å². The molecule has 0 unspecified atom stereocenters. The Bertz CT molecular complexity index is 605. The van der Waals surface area contributed by atoms with Gasteiger partial charge in [-0.3, -0.25) is 9.59 Å². The second-order valence-electron chi connectivity index (χ2n) is 4.45. The zero-order valence-electron chi connectivity index (χ0n) is 10.3. The fourth-order valence-electron chi connectivity index (χ4n) is 2.13. The van der Waals surface area contributed by atoms with Crippen LogP contribution in [-0.2, 0) is 9.59 Å². The SMILES string of the molecule is O=C(CN1CCCC1=O)Nc1nc2ccccc2s1. The average molecular weight is 275 g/mol. The van der Waals surface area contributed by atoms with Crippen molar-refractivity contribution in [2.45, 2.75) is 12.8 Å². The standard InChI is InChI=1S/C13H13N3O2S/c17-11(8-16-7-3-6-12(16)18)15-13-14-9-4-1-2-5-10(9)19-13/h1-2,4-5H,3,6-8H2,(H,14,15,17). The molecule has 1 saturated heterocycles. The van der Waals surface area contributed by atoms with Gasteiger partial charge in [-0.15, -0.1) is 0 Å². The number of anilines is 1. The predicted molar refractivity (Wildman–Crippen MR) is 74.1 cm³/mol. The molecule has 1 aromatic heterocycles. The van der Waals surface area contributed by atoms with Gasteiger partial charge < -0.3 is 10.2 Å². The lowest BCUT2D eigenvalue weighted by atomic mass is 10.3. The zero-order chi connectivity index (χ0) is 13.2. The van der Waals surface area contributed by atoms with Crippen molar-refractivity contribution in [1.29, 1.82) is 0 Å². The Kier molecular flexibility index (Phi) is 3.16. The van der Waals surface area contributed by atoms with Crippen molar-refractivity contribution in [2.24, 2.45) is 0 Å². The van der Waals surface area contributed by atoms with Crippen LogP contribution in [0.3, 0.4) is 0 Å². The summed E-state index contributed by atoms with van der Waals surface area (Å²) in [6.07, 6.45) is 1.39. The second kappa shape index (κ2) is 4.97. The van der Waals surface area contributed by atoms with Gasteiger partial charge in [0.05, 0.1) is 16.8 Å². The molecule has 2 aromatic rings. The van der Waals surface area contributed by atoms with Crippen LogP contribution in [0.1, 0.15) is 12.8 Å². The quantitative estimate of drug-likeness (QED) is 0.930. The van der Waals surface area contributed by atoms with Crippen LogP contribution in [0.5, 0.6) is 0 Å². The highest BCUT2D eigenvalue weighted by Gasteiger charge is 2.22. The van der Waals surface area contributed by atoms with Crippen LogP contribution >= 0.6 is 11.3 Å². The first-order valence-electron chi connectivity index (χ1n) is 6.15. The number of hydrogen-bond donors (Lipinski definition) is 1. The number of hydrogen-bond acceptors (Lipinski definition) is 4. The summed E-state index contributed by atoms with van der Waals surface area (Å²) in [6, 6.07) is 7.73. The molecule has 0 atom stereocenters. The van der Waals surface area contributed by atoms with Gasteiger partial charge in [0.2, 0.25) is 11.8 Å². The van der Waals surface area contributed by atoms with Crippen molar-refractivity contribution in [3.8, 4) is 0 Å². The van der Waals surface area contributed by atoms with E-state index in [9.17, 15) is 9.59 Å². The summed E-state index contributed by atoms with van der Waals surface area (Å²) in [5, 5.41) is 3.33. The first-order valence-corrected chi connectivity index (χ1v) is 6.97. The highest BCUT2D eigenvalue weighted by atomic mass is 32.1. The Morgan fingerprint density at radius 3 is 3.00 bits per heavy atom. The number of aromatic nitrogens is 1. The highest BCUT2D eigenvalue weighted by molar-refractivity contribution is 7.22. The molecule has 1 aromatic carbocycles. The Morgan fingerprint density at radius 2 is 2.26 bits per heavy atom. The molecular weight excluding hydrogens is 262 g/mol. The summed E-state index contributed by atoms with van der Waals surface area (Å²) in [5.74, 6) is -0.131. The summed E-state index contributed by atoms with van der Waals surface area (Å²) in [5.41, 5.74) is 0.875. The molecule has 19 heavy (non-hydrogen) atoms. The zero-order valence-corrected chi connectivity index (χ0v) is 11.1. The maximum absolute atomic E-state index is 11.9. The van der Waals surface area contributed by atoms with Gasteiger partial charge in [0, 0.05) is 13.0 Å². The number of rotatable bonds is 3. The van der Waals surface area contributed by atoms with Gasteiger partial charge in [-0.2, -0.15) is 0 Å². The van der Waals surface area contributed by atoms with Crippen LogP contribution in [-0.4, -0.2) is 34.8 Å². The van der Waals surface area contributed by atoms with Crippen LogP contribution in [0.2, 0.25) is 0 Å². The summed E-state index contributed by atoms with van der Waals surface area (Å²) >= 11 is 1.44. The van der Waals surface area contributed by atoms with E-state index in [1.807, 2.05) is 24.3 Å². The number of thiazole rings is 1. The molecule has 1 aliphatic rings. The molecule has 0 bridgehead atoms. The van der Waals surface area contributed by atoms with E-state index in [0.29, 0.717) is 18.1 Å². The van der Waals surface area contributed by atoms with E-state index < -0.39 is 0 Å². The van der Waals surface area contributed by atoms with Crippen LogP contribution in [0.25, 0.3) is 10.2 Å². The first kappa shape index (κ1) is 12.1. The highest BCUT2D eigenvalue weighted by Crippen LogP contribution is 2.25. The number of carbonyl (C=O) groups excluding carboxylic acids is 2. The van der Waals surface area contributed by atoms with Crippen molar-refractivity contribution >= 4 is 38.5 Å². The number of benzene rings is 1. The Balaban J connectivity index is 1.67. The van der Waals surface area contributed by atoms with Gasteiger partial charge >= 0.3 is 0 Å². The molecule has 2 heterocycles. The van der Waals surface area contributed by atoms with Gasteiger partial charge in [-0.1, -0.05) is 23.5 Å². The van der Waals surface area contributed by atoms with Crippen molar-refractivity contribution < 1.29 is 9.59 Å². The molecule has 6 heteroatoms. The molecule has 1 fully saturated rings. The molecule has 3 rings (SSSR count). The minimum absolute atomic E-state index is 0.0550. The Morgan fingerprint density at radius 1 is 1.42 bits per heavy atom. The molecule has 0 saturated carbocycles. The van der Waals surface area contributed by atoms with E-state index in [4.69, 9.17) is 0 Å². The van der Waals surface area contributed by atoms with Crippen molar-refractivity contribution in [1.82, 2.24) is 9.88 Å². The van der Waals surface area contributed by atoms with E-state index in [2.05, 4.69) is 10.3 Å². The van der Waals surface area contributed by atoms with Gasteiger partial charge in [-0.25, -0.2) is 4.98 Å². The molecule has 0 spiro atoms. The van der Waals surface area contributed by atoms with Crippen molar-refractivity contribution in [2.75, 3.05) is 18.4 Å². The van der Waals surface area contributed by atoms with Gasteiger partial charge in [0.15, 0.2) is 5.13 Å². The number of nitrogens with one attached hydrogen (secondary N) is 1. The third-order valence-corrected chi connectivity index (χ3v) is 4.00. The number of likely N-dealkylation sites (tertiary alicyclic amines) is 1. The normalized spacial score (nSPS) is 15.2. The number of para-hydroxylation sites is 1. The minimum Gasteiger partial charge on any atom is -0.333 e. The van der Waals surface area contributed by atoms with E-state index >= 15 is 0 Å². The number of amides is 2. The molecular formula is C13H13N3O2S. The lowest BCUT2D eigenvalue weighted by molar-refractivity contribution is -0.131. The van der Waals surface area contributed by atoms with Crippen LogP contribution in [0.15, 0.2) is 24.3 Å². The average Bonchev–Trinajstić information content (AvgIpc) is 2.95. The van der Waals surface area contributed by atoms with Crippen LogP contribution in [0, 0.1) is 0 Å². The molecule has 5 nitrogen and oxygen atoms in total. The number of carbonyl (C=O) groups is 2. The third-order valence-electron chi connectivity index (χ3n) is 3.05. The summed E-state index contributed by atoms with van der Waals surface area (Å²) < 4.78 is 1.04. The van der Waals surface area contributed by atoms with E-state index in [0.717, 1.165) is 16.6 Å². The molecule has 2 amide bonds. The maximum atomic E-state index is 11.9. The van der Waals surface area contributed by atoms with Crippen molar-refractivity contribution in [3.05, 3.63) is 24.3 Å². The lowest BCUT2D eigenvalue weighted by Gasteiger charge is -2.13. The monoisotopic (exact) mass is 275 g/mol. The number of nitrogens with zero attached hydrogens (tertiary/aromatic N) is 2. The molecule has 0 radical (unpaired) electrons. The van der Waals surface area contributed by atoms with Crippen LogP contribution < -0.4 is 5.32 Å². The summed E-state index contributed by atoms with van der Waals surface area (Å²) in [6.45, 7) is 0.793. The Labute approximate surface area is 114 Å². The maximum Gasteiger partial charge on any atom is 0.245 e. The van der Waals surface area contributed by atoms with E-state index in [1.165, 1.54) is 11.3 Å². The molecule has 1 aliphatic heterocycles. The van der Waals surface area contributed by atoms with Gasteiger partial charge in [0.1, 0.15) is 0 Å². The van der Waals surface area contributed by atoms with E-state index in [-0.39, 0.29) is 18.4 Å². The van der Waals surface area contributed by atoms with E-state index in [1.54, 1.807) is 4.90 Å². The fraction of sp³-hybridized carbons (Fsp3) is 0.308. The molecule has 0 aliphatic carbocycles. The second-order valence-corrected chi connectivity index (χ2v) is 5.48. The third kappa shape index (κ3) is 2.58. The largest absolute Gasteiger partial charge is 0.333 e. The summed E-state index contributed by atoms with van der Waals surface area (Å²) in [7, 11) is 0. The molecule has 1 N–H and O–H groups in total. The minimum atomic E-state index is -0.186. The van der Waals surface area contributed by atoms with Gasteiger partial charge in [0.25, 0.3) is 0 Å². The molecule has 98 valence electrons. The van der Waals surface area contributed by atoms with Gasteiger partial charge in [-0.05, 0) is 18.6 Å².